The fraction of sp³-hybridized carbons (Fsp3) is 0.545. The third kappa shape index (κ3) is 4.20. The van der Waals surface area contributed by atoms with Crippen molar-refractivity contribution >= 4 is 39.7 Å². The summed E-state index contributed by atoms with van der Waals surface area (Å²) < 4.78 is 36.4. The van der Waals surface area contributed by atoms with Crippen LogP contribution in [0.2, 0.25) is 0 Å². The van der Waals surface area contributed by atoms with Gasteiger partial charge >= 0.3 is 6.18 Å². The smallest absolute Gasteiger partial charge is 0.390 e. The highest BCUT2D eigenvalue weighted by atomic mass is 32.2. The Hall–Kier alpha value is -1.09. The molecule has 0 aliphatic heterocycles. The van der Waals surface area contributed by atoms with Gasteiger partial charge < -0.3 is 16.0 Å². The Bertz CT molecular complexity index is 486. The van der Waals surface area contributed by atoms with E-state index in [-0.39, 0.29) is 12.5 Å². The number of thioether (sulfide) groups is 1. The van der Waals surface area contributed by atoms with Crippen LogP contribution in [0, 0.1) is 0 Å². The van der Waals surface area contributed by atoms with Gasteiger partial charge in [0.2, 0.25) is 0 Å². The Balaban J connectivity index is 2.91. The number of halogens is 3. The monoisotopic (exact) mass is 327 g/mol. The molecule has 3 N–H and O–H groups in total. The van der Waals surface area contributed by atoms with E-state index in [1.165, 1.54) is 16.7 Å². The van der Waals surface area contributed by atoms with Crippen molar-refractivity contribution in [3.63, 3.8) is 0 Å². The average Bonchev–Trinajstić information content (AvgIpc) is 2.63. The molecule has 1 amide bonds. The Kier molecular flexibility index (Phi) is 5.58. The number of nitrogens with two attached hydrogens (primary N) is 1. The van der Waals surface area contributed by atoms with Gasteiger partial charge in [-0.05, 0) is 6.26 Å². The molecule has 114 valence electrons. The molecule has 0 spiro atoms. The van der Waals surface area contributed by atoms with Gasteiger partial charge in [-0.1, -0.05) is 0 Å². The van der Waals surface area contributed by atoms with Crippen LogP contribution in [0.15, 0.2) is 4.90 Å². The lowest BCUT2D eigenvalue weighted by Crippen LogP contribution is -2.21. The lowest BCUT2D eigenvalue weighted by atomic mass is 10.3. The average molecular weight is 327 g/mol. The molecule has 0 saturated heterocycles. The second-order valence-electron chi connectivity index (χ2n) is 4.20. The van der Waals surface area contributed by atoms with E-state index >= 15 is 0 Å². The highest BCUT2D eigenvalue weighted by molar-refractivity contribution is 7.99. The number of hydrogen-bond donors (Lipinski definition) is 2. The molecular formula is C11H16F3N3OS2. The van der Waals surface area contributed by atoms with Crippen molar-refractivity contribution < 1.29 is 18.0 Å². The van der Waals surface area contributed by atoms with Crippen LogP contribution < -0.4 is 11.1 Å². The molecule has 1 rings (SSSR count). The number of nitrogens with zero attached hydrogens (tertiary/aromatic N) is 1. The predicted molar refractivity (Wildman–Crippen MR) is 77.7 cm³/mol. The van der Waals surface area contributed by atoms with Gasteiger partial charge in [0, 0.05) is 20.6 Å². The normalized spacial score (nSPS) is 11.5. The van der Waals surface area contributed by atoms with Crippen LogP contribution in [0.1, 0.15) is 16.1 Å². The quantitative estimate of drug-likeness (QED) is 0.816. The van der Waals surface area contributed by atoms with Crippen LogP contribution in [-0.4, -0.2) is 43.9 Å². The maximum absolute atomic E-state index is 12.1. The van der Waals surface area contributed by atoms with E-state index in [2.05, 4.69) is 5.32 Å². The van der Waals surface area contributed by atoms with E-state index in [0.717, 1.165) is 11.3 Å². The molecular weight excluding hydrogens is 311 g/mol. The van der Waals surface area contributed by atoms with Crippen LogP contribution in [-0.2, 0) is 0 Å². The minimum absolute atomic E-state index is 0.243. The van der Waals surface area contributed by atoms with Crippen LogP contribution in [0.5, 0.6) is 0 Å². The summed E-state index contributed by atoms with van der Waals surface area (Å²) >= 11 is 2.38. The fourth-order valence-electron chi connectivity index (χ4n) is 1.43. The molecule has 0 unspecified atom stereocenters. The van der Waals surface area contributed by atoms with E-state index in [1.807, 2.05) is 0 Å². The molecule has 0 aliphatic carbocycles. The van der Waals surface area contributed by atoms with E-state index < -0.39 is 12.6 Å². The maximum Gasteiger partial charge on any atom is 0.390 e. The molecule has 0 aliphatic rings. The topological polar surface area (TPSA) is 58.4 Å². The number of nitrogens with one attached hydrogen (secondary N) is 1. The number of amides is 1. The molecule has 0 saturated carbocycles. The first-order valence-electron chi connectivity index (χ1n) is 5.66. The van der Waals surface area contributed by atoms with Gasteiger partial charge in [-0.2, -0.15) is 13.2 Å². The number of thiophene rings is 1. The Labute approximate surface area is 123 Å². The summed E-state index contributed by atoms with van der Waals surface area (Å²) in [5, 5.41) is 3.21. The van der Waals surface area contributed by atoms with Crippen molar-refractivity contribution in [2.45, 2.75) is 17.5 Å². The summed E-state index contributed by atoms with van der Waals surface area (Å²) in [5.74, 6) is -0.258. The number of rotatable bonds is 5. The zero-order valence-corrected chi connectivity index (χ0v) is 12.9. The SMILES string of the molecule is CSc1c(NCCC(F)(F)F)sc(C(=O)N(C)C)c1N. The van der Waals surface area contributed by atoms with E-state index in [0.29, 0.717) is 20.5 Å². The van der Waals surface area contributed by atoms with Gasteiger partial charge in [-0.3, -0.25) is 4.79 Å². The molecule has 20 heavy (non-hydrogen) atoms. The van der Waals surface area contributed by atoms with E-state index in [9.17, 15) is 18.0 Å². The van der Waals surface area contributed by atoms with Gasteiger partial charge in [0.1, 0.15) is 9.88 Å². The third-order valence-electron chi connectivity index (χ3n) is 2.40. The molecule has 1 heterocycles. The van der Waals surface area contributed by atoms with E-state index in [1.54, 1.807) is 20.4 Å². The summed E-state index contributed by atoms with van der Waals surface area (Å²) in [6, 6.07) is 0. The molecule has 9 heteroatoms. The molecule has 1 aromatic rings. The number of alkyl halides is 3. The largest absolute Gasteiger partial charge is 0.396 e. The summed E-state index contributed by atoms with van der Waals surface area (Å²) in [5.41, 5.74) is 6.21. The lowest BCUT2D eigenvalue weighted by molar-refractivity contribution is -0.131. The number of anilines is 2. The number of hydrogen-bond acceptors (Lipinski definition) is 5. The van der Waals surface area contributed by atoms with Gasteiger partial charge in [0.25, 0.3) is 5.91 Å². The van der Waals surface area contributed by atoms with Crippen molar-refractivity contribution in [2.75, 3.05) is 37.9 Å². The highest BCUT2D eigenvalue weighted by Crippen LogP contribution is 2.42. The molecule has 4 nitrogen and oxygen atoms in total. The highest BCUT2D eigenvalue weighted by Gasteiger charge is 2.27. The van der Waals surface area contributed by atoms with Gasteiger partial charge in [-0.15, -0.1) is 23.1 Å². The predicted octanol–water partition coefficient (Wildman–Crippen LogP) is 3.12. The van der Waals surface area contributed by atoms with Crippen molar-refractivity contribution in [3.8, 4) is 0 Å². The van der Waals surface area contributed by atoms with Gasteiger partial charge in [0.05, 0.1) is 17.0 Å². The van der Waals surface area contributed by atoms with Gasteiger partial charge in [-0.25, -0.2) is 0 Å². The summed E-state index contributed by atoms with van der Waals surface area (Å²) in [6.45, 7) is -0.243. The van der Waals surface area contributed by atoms with Gasteiger partial charge in [0.15, 0.2) is 0 Å². The second kappa shape index (κ2) is 6.57. The Morgan fingerprint density at radius 3 is 2.50 bits per heavy atom. The first-order valence-corrected chi connectivity index (χ1v) is 7.70. The minimum atomic E-state index is -4.21. The first-order chi connectivity index (χ1) is 9.17. The van der Waals surface area contributed by atoms with Crippen LogP contribution in [0.4, 0.5) is 23.9 Å². The summed E-state index contributed by atoms with van der Waals surface area (Å²) in [7, 11) is 3.19. The number of carbonyl (C=O) groups excluding carboxylic acids is 1. The zero-order valence-electron chi connectivity index (χ0n) is 11.3. The van der Waals surface area contributed by atoms with E-state index in [4.69, 9.17) is 5.73 Å². The maximum atomic E-state index is 12.1. The molecule has 0 aromatic carbocycles. The van der Waals surface area contributed by atoms with Crippen molar-refractivity contribution in [1.82, 2.24) is 4.90 Å². The Morgan fingerprint density at radius 1 is 1.45 bits per heavy atom. The van der Waals surface area contributed by atoms with Crippen molar-refractivity contribution in [1.29, 1.82) is 0 Å². The first kappa shape index (κ1) is 17.0. The Morgan fingerprint density at radius 2 is 2.05 bits per heavy atom. The van der Waals surface area contributed by atoms with Crippen molar-refractivity contribution in [2.24, 2.45) is 0 Å². The minimum Gasteiger partial charge on any atom is -0.396 e. The van der Waals surface area contributed by atoms with Crippen molar-refractivity contribution in [3.05, 3.63) is 4.88 Å². The number of carbonyl (C=O) groups is 1. The fourth-order valence-corrected chi connectivity index (χ4v) is 3.51. The zero-order chi connectivity index (χ0) is 15.5. The molecule has 0 radical (unpaired) electrons. The number of nitrogen functional groups attached to an aromatic ring is 1. The van der Waals surface area contributed by atoms with Crippen LogP contribution >= 0.6 is 23.1 Å². The third-order valence-corrected chi connectivity index (χ3v) is 4.51. The summed E-state index contributed by atoms with van der Waals surface area (Å²) in [4.78, 5) is 14.3. The summed E-state index contributed by atoms with van der Waals surface area (Å²) in [6.07, 6.45) is -3.38. The molecule has 0 bridgehead atoms. The molecule has 1 aromatic heterocycles. The molecule has 0 fully saturated rings. The standard InChI is InChI=1S/C11H16F3N3OS2/c1-17(2)10(18)8-6(15)7(19-3)9(20-8)16-5-4-11(12,13)14/h16H,4-5,15H2,1-3H3. The lowest BCUT2D eigenvalue weighted by Gasteiger charge is -2.08. The molecule has 0 atom stereocenters. The van der Waals surface area contributed by atoms with Crippen LogP contribution in [0.25, 0.3) is 0 Å². The van der Waals surface area contributed by atoms with Crippen LogP contribution in [0.3, 0.4) is 0 Å². The second-order valence-corrected chi connectivity index (χ2v) is 6.04.